The molecule has 1 atom stereocenters. The first kappa shape index (κ1) is 10.7. The van der Waals surface area contributed by atoms with Crippen molar-refractivity contribution in [2.75, 3.05) is 13.7 Å². The van der Waals surface area contributed by atoms with Gasteiger partial charge in [-0.2, -0.15) is 0 Å². The third-order valence-corrected chi connectivity index (χ3v) is 2.32. The van der Waals surface area contributed by atoms with Gasteiger partial charge in [0.05, 0.1) is 6.61 Å². The molecular formula is C10H14BrNO. The Morgan fingerprint density at radius 1 is 1.38 bits per heavy atom. The van der Waals surface area contributed by atoms with Gasteiger partial charge in [0.15, 0.2) is 0 Å². The lowest BCUT2D eigenvalue weighted by Crippen LogP contribution is -2.27. The first-order valence-corrected chi connectivity index (χ1v) is 5.00. The van der Waals surface area contributed by atoms with Crippen molar-refractivity contribution in [2.45, 2.75) is 12.5 Å². The van der Waals surface area contributed by atoms with E-state index in [1.54, 1.807) is 7.11 Å². The minimum Gasteiger partial charge on any atom is -0.383 e. The fourth-order valence-corrected chi connectivity index (χ4v) is 1.46. The van der Waals surface area contributed by atoms with E-state index < -0.39 is 0 Å². The van der Waals surface area contributed by atoms with Crippen molar-refractivity contribution in [1.29, 1.82) is 0 Å². The van der Waals surface area contributed by atoms with E-state index in [0.717, 1.165) is 10.9 Å². The largest absolute Gasteiger partial charge is 0.383 e. The monoisotopic (exact) mass is 243 g/mol. The highest BCUT2D eigenvalue weighted by molar-refractivity contribution is 9.10. The van der Waals surface area contributed by atoms with Gasteiger partial charge in [0.1, 0.15) is 0 Å². The molecule has 0 heterocycles. The summed E-state index contributed by atoms with van der Waals surface area (Å²) in [5.41, 5.74) is 7.06. The van der Waals surface area contributed by atoms with Crippen LogP contribution in [0.4, 0.5) is 0 Å². The second-order valence-electron chi connectivity index (χ2n) is 3.05. The number of nitrogens with two attached hydrogens (primary N) is 1. The van der Waals surface area contributed by atoms with Crippen LogP contribution in [0.25, 0.3) is 0 Å². The molecule has 13 heavy (non-hydrogen) atoms. The van der Waals surface area contributed by atoms with E-state index in [1.807, 2.05) is 12.1 Å². The maximum Gasteiger partial charge on any atom is 0.0616 e. The average molecular weight is 244 g/mol. The van der Waals surface area contributed by atoms with Crippen molar-refractivity contribution in [2.24, 2.45) is 5.73 Å². The summed E-state index contributed by atoms with van der Waals surface area (Å²) in [6.07, 6.45) is 0.862. The van der Waals surface area contributed by atoms with Crippen molar-refractivity contribution >= 4 is 15.9 Å². The molecule has 0 saturated heterocycles. The first-order valence-electron chi connectivity index (χ1n) is 4.21. The number of methoxy groups -OCH3 is 1. The van der Waals surface area contributed by atoms with E-state index >= 15 is 0 Å². The zero-order valence-corrected chi connectivity index (χ0v) is 9.25. The zero-order chi connectivity index (χ0) is 9.68. The molecule has 0 aromatic heterocycles. The first-order chi connectivity index (χ1) is 6.22. The topological polar surface area (TPSA) is 35.2 Å². The van der Waals surface area contributed by atoms with Crippen molar-refractivity contribution in [3.63, 3.8) is 0 Å². The minimum absolute atomic E-state index is 0.0891. The molecule has 0 aliphatic heterocycles. The van der Waals surface area contributed by atoms with Gasteiger partial charge < -0.3 is 10.5 Å². The zero-order valence-electron chi connectivity index (χ0n) is 7.66. The Morgan fingerprint density at radius 2 is 2.00 bits per heavy atom. The number of benzene rings is 1. The lowest BCUT2D eigenvalue weighted by Gasteiger charge is -2.09. The number of ether oxygens (including phenoxy) is 1. The molecule has 72 valence electrons. The van der Waals surface area contributed by atoms with Crippen LogP contribution in [0.1, 0.15) is 5.56 Å². The van der Waals surface area contributed by atoms with Crippen LogP contribution in [-0.2, 0) is 11.2 Å². The van der Waals surface area contributed by atoms with Gasteiger partial charge in [-0.05, 0) is 24.1 Å². The number of hydrogen-bond acceptors (Lipinski definition) is 2. The predicted molar refractivity (Wildman–Crippen MR) is 57.7 cm³/mol. The maximum atomic E-state index is 5.82. The van der Waals surface area contributed by atoms with Crippen molar-refractivity contribution in [3.05, 3.63) is 34.3 Å². The van der Waals surface area contributed by atoms with Crippen LogP contribution in [0.15, 0.2) is 28.7 Å². The van der Waals surface area contributed by atoms with Gasteiger partial charge in [-0.3, -0.25) is 0 Å². The Bertz CT molecular complexity index is 248. The summed E-state index contributed by atoms with van der Waals surface area (Å²) in [4.78, 5) is 0. The summed E-state index contributed by atoms with van der Waals surface area (Å²) in [5, 5.41) is 0. The van der Waals surface area contributed by atoms with Crippen LogP contribution in [0.5, 0.6) is 0 Å². The highest BCUT2D eigenvalue weighted by atomic mass is 79.9. The van der Waals surface area contributed by atoms with E-state index in [4.69, 9.17) is 10.5 Å². The second-order valence-corrected chi connectivity index (χ2v) is 3.96. The quantitative estimate of drug-likeness (QED) is 0.878. The highest BCUT2D eigenvalue weighted by Crippen LogP contribution is 2.11. The lowest BCUT2D eigenvalue weighted by atomic mass is 10.1. The van der Waals surface area contributed by atoms with Gasteiger partial charge in [-0.25, -0.2) is 0 Å². The summed E-state index contributed by atoms with van der Waals surface area (Å²) in [5.74, 6) is 0. The van der Waals surface area contributed by atoms with Crippen LogP contribution in [0, 0.1) is 0 Å². The molecule has 0 aliphatic rings. The summed E-state index contributed by atoms with van der Waals surface area (Å²) < 4.78 is 6.06. The summed E-state index contributed by atoms with van der Waals surface area (Å²) in [6, 6.07) is 8.27. The SMILES string of the molecule is COCC(N)Cc1ccc(Br)cc1. The molecule has 3 heteroatoms. The minimum atomic E-state index is 0.0891. The Kier molecular flexibility index (Phi) is 4.42. The molecule has 0 fully saturated rings. The second kappa shape index (κ2) is 5.37. The molecule has 0 spiro atoms. The van der Waals surface area contributed by atoms with Gasteiger partial charge in [-0.15, -0.1) is 0 Å². The van der Waals surface area contributed by atoms with E-state index in [0.29, 0.717) is 6.61 Å². The molecule has 0 aliphatic carbocycles. The van der Waals surface area contributed by atoms with E-state index in [-0.39, 0.29) is 6.04 Å². The van der Waals surface area contributed by atoms with Crippen LogP contribution in [0.3, 0.4) is 0 Å². The molecule has 1 unspecified atom stereocenters. The normalized spacial score (nSPS) is 12.8. The van der Waals surface area contributed by atoms with Crippen LogP contribution in [0.2, 0.25) is 0 Å². The predicted octanol–water partition coefficient (Wildman–Crippen LogP) is 1.97. The Morgan fingerprint density at radius 3 is 2.54 bits per heavy atom. The number of rotatable bonds is 4. The fraction of sp³-hybridized carbons (Fsp3) is 0.400. The molecule has 0 radical (unpaired) electrons. The lowest BCUT2D eigenvalue weighted by molar-refractivity contribution is 0.180. The molecule has 0 bridgehead atoms. The van der Waals surface area contributed by atoms with Crippen LogP contribution in [-0.4, -0.2) is 19.8 Å². The molecule has 2 nitrogen and oxygen atoms in total. The van der Waals surface area contributed by atoms with E-state index in [2.05, 4.69) is 28.1 Å². The highest BCUT2D eigenvalue weighted by Gasteiger charge is 2.02. The van der Waals surface area contributed by atoms with E-state index in [1.165, 1.54) is 5.56 Å². The smallest absolute Gasteiger partial charge is 0.0616 e. The van der Waals surface area contributed by atoms with E-state index in [9.17, 15) is 0 Å². The summed E-state index contributed by atoms with van der Waals surface area (Å²) in [7, 11) is 1.67. The maximum absolute atomic E-state index is 5.82. The van der Waals surface area contributed by atoms with Crippen LogP contribution < -0.4 is 5.73 Å². The molecule has 1 aromatic carbocycles. The number of hydrogen-bond donors (Lipinski definition) is 1. The van der Waals surface area contributed by atoms with Crippen LogP contribution >= 0.6 is 15.9 Å². The molecule has 1 aromatic rings. The number of halogens is 1. The van der Waals surface area contributed by atoms with Gasteiger partial charge in [-0.1, -0.05) is 28.1 Å². The standard InChI is InChI=1S/C10H14BrNO/c1-13-7-10(12)6-8-2-4-9(11)5-3-8/h2-5,10H,6-7,12H2,1H3. The Labute approximate surface area is 87.2 Å². The van der Waals surface area contributed by atoms with Gasteiger partial charge in [0, 0.05) is 17.6 Å². The molecule has 0 saturated carbocycles. The third kappa shape index (κ3) is 3.89. The van der Waals surface area contributed by atoms with Gasteiger partial charge >= 0.3 is 0 Å². The molecule has 0 amide bonds. The Balaban J connectivity index is 2.49. The van der Waals surface area contributed by atoms with Gasteiger partial charge in [0.25, 0.3) is 0 Å². The molecule has 1 rings (SSSR count). The molecular weight excluding hydrogens is 230 g/mol. The van der Waals surface area contributed by atoms with Crippen molar-refractivity contribution in [1.82, 2.24) is 0 Å². The third-order valence-electron chi connectivity index (χ3n) is 1.79. The fourth-order valence-electron chi connectivity index (χ4n) is 1.20. The summed E-state index contributed by atoms with van der Waals surface area (Å²) >= 11 is 3.39. The average Bonchev–Trinajstić information content (AvgIpc) is 2.09. The van der Waals surface area contributed by atoms with Crippen molar-refractivity contribution < 1.29 is 4.74 Å². The van der Waals surface area contributed by atoms with Crippen molar-refractivity contribution in [3.8, 4) is 0 Å². The summed E-state index contributed by atoms with van der Waals surface area (Å²) in [6.45, 7) is 0.607. The molecule has 2 N–H and O–H groups in total. The van der Waals surface area contributed by atoms with Gasteiger partial charge in [0.2, 0.25) is 0 Å². The Hall–Kier alpha value is -0.380.